The van der Waals surface area contributed by atoms with Crippen molar-refractivity contribution in [1.29, 1.82) is 0 Å². The van der Waals surface area contributed by atoms with Gasteiger partial charge in [-0.15, -0.1) is 16.8 Å². The zero-order chi connectivity index (χ0) is 16.4. The van der Waals surface area contributed by atoms with Gasteiger partial charge in [-0.25, -0.2) is 0 Å². The van der Waals surface area contributed by atoms with Gasteiger partial charge >= 0.3 is 0 Å². The first kappa shape index (κ1) is 16.6. The number of carbonyl (C=O) groups is 1. The molecule has 0 radical (unpaired) electrons. The third kappa shape index (κ3) is 3.62. The first-order valence-corrected chi connectivity index (χ1v) is 9.42. The number of carbonyl (C=O) groups excluding carboxylic acids is 1. The van der Waals surface area contributed by atoms with Crippen molar-refractivity contribution >= 4 is 17.7 Å². The zero-order valence-corrected chi connectivity index (χ0v) is 14.8. The van der Waals surface area contributed by atoms with E-state index in [1.165, 1.54) is 37.4 Å². The van der Waals surface area contributed by atoms with Crippen molar-refractivity contribution < 1.29 is 4.79 Å². The van der Waals surface area contributed by atoms with Crippen LogP contribution >= 0.6 is 11.8 Å². The minimum atomic E-state index is -0.177. The number of nitrogens with zero attached hydrogens (tertiary/aromatic N) is 3. The Labute approximate surface area is 142 Å². The summed E-state index contributed by atoms with van der Waals surface area (Å²) in [6, 6.07) is 0.270. The Hall–Kier alpha value is -1.30. The van der Waals surface area contributed by atoms with E-state index in [0.717, 1.165) is 17.0 Å². The van der Waals surface area contributed by atoms with Crippen molar-refractivity contribution in [2.45, 2.75) is 62.5 Å². The summed E-state index contributed by atoms with van der Waals surface area (Å²) in [7, 11) is 0. The molecule has 0 unspecified atom stereocenters. The van der Waals surface area contributed by atoms with Crippen LogP contribution in [0.4, 0.5) is 0 Å². The molecule has 0 aliphatic heterocycles. The average Bonchev–Trinajstić information content (AvgIpc) is 3.24. The number of nitrogens with one attached hydrogen (secondary N) is 1. The highest BCUT2D eigenvalue weighted by Gasteiger charge is 2.42. The molecule has 5 atom stereocenters. The van der Waals surface area contributed by atoms with Crippen LogP contribution in [0.1, 0.15) is 39.5 Å². The van der Waals surface area contributed by atoms with E-state index in [-0.39, 0.29) is 17.2 Å². The standard InChI is InChI=1S/C17H26N4OS/c1-4-7-21-10-18-20-17(21)23-12(3)16(22)19-11(2)15-9-13-5-6-14(15)8-13/h4,10-15H,1,5-9H2,2-3H3,(H,19,22)/t11-,12+,13-,14-,15+/m0/s1. The molecule has 0 saturated heterocycles. The van der Waals surface area contributed by atoms with Crippen molar-refractivity contribution in [2.75, 3.05) is 0 Å². The lowest BCUT2D eigenvalue weighted by Crippen LogP contribution is -2.43. The monoisotopic (exact) mass is 334 g/mol. The lowest BCUT2D eigenvalue weighted by molar-refractivity contribution is -0.121. The zero-order valence-electron chi connectivity index (χ0n) is 13.9. The minimum absolute atomic E-state index is 0.0958. The second-order valence-electron chi connectivity index (χ2n) is 6.95. The second kappa shape index (κ2) is 7.07. The van der Waals surface area contributed by atoms with E-state index in [1.807, 2.05) is 11.5 Å². The van der Waals surface area contributed by atoms with Crippen LogP contribution in [0.25, 0.3) is 0 Å². The SMILES string of the molecule is C=CCn1cnnc1S[C@H](C)C(=O)N[C@@H](C)[C@H]1C[C@H]2CC[C@H]1C2. The molecule has 2 aliphatic carbocycles. The van der Waals surface area contributed by atoms with Crippen LogP contribution in [0, 0.1) is 17.8 Å². The van der Waals surface area contributed by atoms with Crippen LogP contribution in [0.3, 0.4) is 0 Å². The van der Waals surface area contributed by atoms with Crippen molar-refractivity contribution in [3.8, 4) is 0 Å². The molecule has 1 amide bonds. The molecule has 126 valence electrons. The van der Waals surface area contributed by atoms with E-state index in [2.05, 4.69) is 29.0 Å². The molecule has 0 aromatic carbocycles. The van der Waals surface area contributed by atoms with Crippen LogP contribution < -0.4 is 5.32 Å². The van der Waals surface area contributed by atoms with Gasteiger partial charge in [-0.2, -0.15) is 0 Å². The molecule has 5 nitrogen and oxygen atoms in total. The van der Waals surface area contributed by atoms with Crippen molar-refractivity contribution in [3.63, 3.8) is 0 Å². The fourth-order valence-electron chi connectivity index (χ4n) is 4.17. The van der Waals surface area contributed by atoms with Crippen LogP contribution in [0.2, 0.25) is 0 Å². The number of hydrogen-bond acceptors (Lipinski definition) is 4. The van der Waals surface area contributed by atoms with Gasteiger partial charge in [0, 0.05) is 12.6 Å². The molecule has 1 heterocycles. The summed E-state index contributed by atoms with van der Waals surface area (Å²) in [6.07, 6.45) is 8.89. The third-order valence-electron chi connectivity index (χ3n) is 5.36. The Morgan fingerprint density at radius 1 is 1.52 bits per heavy atom. The summed E-state index contributed by atoms with van der Waals surface area (Å²) in [5, 5.41) is 11.8. The fraction of sp³-hybridized carbons (Fsp3) is 0.706. The molecule has 6 heteroatoms. The number of hydrogen-bond donors (Lipinski definition) is 1. The smallest absolute Gasteiger partial charge is 0.233 e. The quantitative estimate of drug-likeness (QED) is 0.615. The number of aromatic nitrogens is 3. The van der Waals surface area contributed by atoms with Crippen molar-refractivity contribution in [3.05, 3.63) is 19.0 Å². The fourth-order valence-corrected chi connectivity index (χ4v) is 5.01. The topological polar surface area (TPSA) is 59.8 Å². The predicted octanol–water partition coefficient (Wildman–Crippen LogP) is 2.89. The largest absolute Gasteiger partial charge is 0.352 e. The van der Waals surface area contributed by atoms with E-state index in [9.17, 15) is 4.79 Å². The van der Waals surface area contributed by atoms with Crippen LogP contribution in [0.5, 0.6) is 0 Å². The lowest BCUT2D eigenvalue weighted by atomic mass is 9.84. The highest BCUT2D eigenvalue weighted by Crippen LogP contribution is 2.49. The molecule has 1 aromatic heterocycles. The van der Waals surface area contributed by atoms with Gasteiger partial charge in [-0.3, -0.25) is 4.79 Å². The first-order chi connectivity index (χ1) is 11.1. The summed E-state index contributed by atoms with van der Waals surface area (Å²) in [5.74, 6) is 2.50. The molecule has 2 bridgehead atoms. The molecular weight excluding hydrogens is 308 g/mol. The van der Waals surface area contributed by atoms with Gasteiger partial charge in [0.1, 0.15) is 6.33 Å². The Balaban J connectivity index is 1.53. The molecule has 2 fully saturated rings. The molecule has 2 aliphatic rings. The molecule has 1 aromatic rings. The van der Waals surface area contributed by atoms with Crippen LogP contribution in [0.15, 0.2) is 24.1 Å². The van der Waals surface area contributed by atoms with E-state index in [4.69, 9.17) is 0 Å². The molecule has 0 spiro atoms. The summed E-state index contributed by atoms with van der Waals surface area (Å²) < 4.78 is 1.90. The Morgan fingerprint density at radius 3 is 3.00 bits per heavy atom. The van der Waals surface area contributed by atoms with Gasteiger partial charge < -0.3 is 9.88 Å². The highest BCUT2D eigenvalue weighted by atomic mass is 32.2. The Morgan fingerprint density at radius 2 is 2.35 bits per heavy atom. The number of rotatable bonds is 7. The molecule has 1 N–H and O–H groups in total. The molecule has 3 rings (SSSR count). The number of thioether (sulfide) groups is 1. The third-order valence-corrected chi connectivity index (χ3v) is 6.46. The summed E-state index contributed by atoms with van der Waals surface area (Å²) >= 11 is 1.45. The Kier molecular flexibility index (Phi) is 5.09. The summed E-state index contributed by atoms with van der Waals surface area (Å²) in [4.78, 5) is 12.5. The maximum absolute atomic E-state index is 12.5. The lowest BCUT2D eigenvalue weighted by Gasteiger charge is -2.29. The number of allylic oxidation sites excluding steroid dienone is 1. The maximum Gasteiger partial charge on any atom is 0.233 e. The van der Waals surface area contributed by atoms with Gasteiger partial charge in [0.15, 0.2) is 5.16 Å². The van der Waals surface area contributed by atoms with E-state index >= 15 is 0 Å². The molecule has 2 saturated carbocycles. The van der Waals surface area contributed by atoms with Gasteiger partial charge in [-0.1, -0.05) is 24.3 Å². The van der Waals surface area contributed by atoms with Gasteiger partial charge in [0.2, 0.25) is 5.91 Å². The van der Waals surface area contributed by atoms with Crippen LogP contribution in [-0.4, -0.2) is 32.0 Å². The highest BCUT2D eigenvalue weighted by molar-refractivity contribution is 8.00. The van der Waals surface area contributed by atoms with E-state index in [1.54, 1.807) is 12.4 Å². The predicted molar refractivity (Wildman–Crippen MR) is 92.1 cm³/mol. The Bertz CT molecular complexity index is 573. The molecular formula is C17H26N4OS. The van der Waals surface area contributed by atoms with Gasteiger partial charge in [0.05, 0.1) is 5.25 Å². The normalized spacial score (nSPS) is 28.5. The number of amides is 1. The van der Waals surface area contributed by atoms with Crippen LogP contribution in [-0.2, 0) is 11.3 Å². The molecule has 23 heavy (non-hydrogen) atoms. The van der Waals surface area contributed by atoms with Gasteiger partial charge in [0.25, 0.3) is 0 Å². The summed E-state index contributed by atoms with van der Waals surface area (Å²) in [6.45, 7) is 8.48. The second-order valence-corrected chi connectivity index (χ2v) is 8.26. The van der Waals surface area contributed by atoms with Crippen molar-refractivity contribution in [2.24, 2.45) is 17.8 Å². The van der Waals surface area contributed by atoms with E-state index < -0.39 is 0 Å². The maximum atomic E-state index is 12.5. The number of fused-ring (bicyclic) bond motifs is 2. The van der Waals surface area contributed by atoms with Gasteiger partial charge in [-0.05, 0) is 50.9 Å². The van der Waals surface area contributed by atoms with Crippen molar-refractivity contribution in [1.82, 2.24) is 20.1 Å². The minimum Gasteiger partial charge on any atom is -0.352 e. The average molecular weight is 334 g/mol. The van der Waals surface area contributed by atoms with E-state index in [0.29, 0.717) is 12.5 Å². The summed E-state index contributed by atoms with van der Waals surface area (Å²) in [5.41, 5.74) is 0. The first-order valence-electron chi connectivity index (χ1n) is 8.54.